The predicted octanol–water partition coefficient (Wildman–Crippen LogP) is 2.85. The molecule has 0 spiro atoms. The number of nitrogens with zero attached hydrogens (tertiary/aromatic N) is 3. The van der Waals surface area contributed by atoms with Crippen molar-refractivity contribution >= 4 is 11.7 Å². The molecule has 2 fully saturated rings. The van der Waals surface area contributed by atoms with E-state index in [1.807, 2.05) is 11.0 Å². The van der Waals surface area contributed by atoms with Gasteiger partial charge in [-0.05, 0) is 25.7 Å². The van der Waals surface area contributed by atoms with E-state index >= 15 is 0 Å². The first kappa shape index (κ1) is 14.3. The molecular formula is C16H24N4O. The number of amides is 1. The summed E-state index contributed by atoms with van der Waals surface area (Å²) in [5.74, 6) is 0.837. The van der Waals surface area contributed by atoms with Gasteiger partial charge in [-0.25, -0.2) is 9.97 Å². The molecule has 1 saturated carbocycles. The predicted molar refractivity (Wildman–Crippen MR) is 82.3 cm³/mol. The number of carbonyl (C=O) groups is 1. The Morgan fingerprint density at radius 1 is 1.05 bits per heavy atom. The van der Waals surface area contributed by atoms with Crippen LogP contribution in [0.2, 0.25) is 0 Å². The second-order valence-electron chi connectivity index (χ2n) is 6.12. The molecule has 0 atom stereocenters. The van der Waals surface area contributed by atoms with Crippen LogP contribution in [0.1, 0.15) is 61.9 Å². The van der Waals surface area contributed by atoms with Crippen molar-refractivity contribution in [1.82, 2.24) is 14.9 Å². The molecule has 5 heteroatoms. The summed E-state index contributed by atoms with van der Waals surface area (Å²) in [7, 11) is 0. The average molecular weight is 288 g/mol. The van der Waals surface area contributed by atoms with E-state index in [0.717, 1.165) is 31.7 Å². The summed E-state index contributed by atoms with van der Waals surface area (Å²) in [5, 5.41) is 3.43. The van der Waals surface area contributed by atoms with Crippen LogP contribution in [0.15, 0.2) is 12.4 Å². The molecule has 0 radical (unpaired) electrons. The van der Waals surface area contributed by atoms with E-state index in [4.69, 9.17) is 0 Å². The van der Waals surface area contributed by atoms with Crippen LogP contribution in [0.3, 0.4) is 0 Å². The van der Waals surface area contributed by atoms with Crippen LogP contribution in [0, 0.1) is 0 Å². The lowest BCUT2D eigenvalue weighted by Gasteiger charge is -2.20. The number of likely N-dealkylation sites (tertiary alicyclic amines) is 1. The van der Waals surface area contributed by atoms with Crippen LogP contribution in [0.5, 0.6) is 0 Å². The molecule has 1 saturated heterocycles. The van der Waals surface area contributed by atoms with Crippen LogP contribution in [-0.2, 0) is 0 Å². The van der Waals surface area contributed by atoms with Crippen molar-refractivity contribution in [2.24, 2.45) is 0 Å². The lowest BCUT2D eigenvalue weighted by molar-refractivity contribution is 0.0755. The van der Waals surface area contributed by atoms with Gasteiger partial charge in [0, 0.05) is 25.2 Å². The number of aromatic nitrogens is 2. The molecule has 1 aromatic rings. The molecule has 2 aliphatic rings. The Balaban J connectivity index is 1.67. The zero-order valence-corrected chi connectivity index (χ0v) is 12.6. The van der Waals surface area contributed by atoms with Gasteiger partial charge in [-0.3, -0.25) is 4.79 Å². The first-order chi connectivity index (χ1) is 10.3. The van der Waals surface area contributed by atoms with Crippen molar-refractivity contribution in [2.45, 2.75) is 57.4 Å². The fourth-order valence-corrected chi connectivity index (χ4v) is 3.27. The molecule has 2 heterocycles. The van der Waals surface area contributed by atoms with Gasteiger partial charge in [0.1, 0.15) is 17.8 Å². The van der Waals surface area contributed by atoms with E-state index in [0.29, 0.717) is 11.7 Å². The Kier molecular flexibility index (Phi) is 4.68. The number of hydrogen-bond donors (Lipinski definition) is 1. The van der Waals surface area contributed by atoms with Crippen LogP contribution in [0.25, 0.3) is 0 Å². The zero-order valence-electron chi connectivity index (χ0n) is 12.6. The van der Waals surface area contributed by atoms with Gasteiger partial charge in [0.2, 0.25) is 0 Å². The maximum absolute atomic E-state index is 12.5. The monoisotopic (exact) mass is 288 g/mol. The van der Waals surface area contributed by atoms with Crippen LogP contribution < -0.4 is 5.32 Å². The molecule has 0 aromatic carbocycles. The van der Waals surface area contributed by atoms with E-state index < -0.39 is 0 Å². The van der Waals surface area contributed by atoms with Crippen LogP contribution in [-0.4, -0.2) is 39.9 Å². The minimum Gasteiger partial charge on any atom is -0.367 e. The second kappa shape index (κ2) is 6.87. The Morgan fingerprint density at radius 2 is 1.76 bits per heavy atom. The minimum atomic E-state index is 0.0498. The smallest absolute Gasteiger partial charge is 0.272 e. The number of anilines is 1. The van der Waals surface area contributed by atoms with E-state index in [-0.39, 0.29) is 5.91 Å². The third kappa shape index (κ3) is 3.71. The number of carbonyl (C=O) groups excluding carboxylic acids is 1. The molecule has 1 aliphatic heterocycles. The highest BCUT2D eigenvalue weighted by atomic mass is 16.2. The van der Waals surface area contributed by atoms with Gasteiger partial charge in [0.25, 0.3) is 5.91 Å². The van der Waals surface area contributed by atoms with Gasteiger partial charge < -0.3 is 10.2 Å². The van der Waals surface area contributed by atoms with Gasteiger partial charge >= 0.3 is 0 Å². The van der Waals surface area contributed by atoms with E-state index in [9.17, 15) is 4.79 Å². The molecule has 21 heavy (non-hydrogen) atoms. The first-order valence-electron chi connectivity index (χ1n) is 8.21. The normalized spacial score (nSPS) is 20.3. The second-order valence-corrected chi connectivity index (χ2v) is 6.12. The molecular weight excluding hydrogens is 264 g/mol. The Morgan fingerprint density at radius 3 is 2.48 bits per heavy atom. The van der Waals surface area contributed by atoms with Gasteiger partial charge in [-0.2, -0.15) is 0 Å². The highest BCUT2D eigenvalue weighted by molar-refractivity contribution is 5.92. The Bertz CT molecular complexity index is 477. The molecule has 5 nitrogen and oxygen atoms in total. The molecule has 0 unspecified atom stereocenters. The SMILES string of the molecule is O=C(c1cc(NC2CCCC2)ncn1)N1CCCCCC1. The molecule has 1 amide bonds. The standard InChI is InChI=1S/C16H24N4O/c21-16(20-9-5-1-2-6-10-20)14-11-15(18-12-17-14)19-13-7-3-4-8-13/h11-13H,1-10H2,(H,17,18,19). The highest BCUT2D eigenvalue weighted by Crippen LogP contribution is 2.21. The Labute approximate surface area is 126 Å². The summed E-state index contributed by atoms with van der Waals surface area (Å²) in [4.78, 5) is 22.9. The van der Waals surface area contributed by atoms with E-state index in [2.05, 4.69) is 15.3 Å². The van der Waals surface area contributed by atoms with Crippen molar-refractivity contribution < 1.29 is 4.79 Å². The first-order valence-corrected chi connectivity index (χ1v) is 8.21. The largest absolute Gasteiger partial charge is 0.367 e. The van der Waals surface area contributed by atoms with E-state index in [1.54, 1.807) is 0 Å². The highest BCUT2D eigenvalue weighted by Gasteiger charge is 2.20. The minimum absolute atomic E-state index is 0.0498. The van der Waals surface area contributed by atoms with Crippen molar-refractivity contribution in [3.05, 3.63) is 18.1 Å². The third-order valence-electron chi connectivity index (χ3n) is 4.49. The Hall–Kier alpha value is -1.65. The lowest BCUT2D eigenvalue weighted by atomic mass is 10.2. The fraction of sp³-hybridized carbons (Fsp3) is 0.688. The van der Waals surface area contributed by atoms with Crippen molar-refractivity contribution in [3.63, 3.8) is 0 Å². The van der Waals surface area contributed by atoms with Gasteiger partial charge in [0.05, 0.1) is 0 Å². The summed E-state index contributed by atoms with van der Waals surface area (Å²) < 4.78 is 0. The molecule has 1 aromatic heterocycles. The topological polar surface area (TPSA) is 58.1 Å². The molecule has 114 valence electrons. The van der Waals surface area contributed by atoms with E-state index in [1.165, 1.54) is 44.9 Å². The van der Waals surface area contributed by atoms with Gasteiger partial charge in [0.15, 0.2) is 0 Å². The quantitative estimate of drug-likeness (QED) is 0.929. The molecule has 1 N–H and O–H groups in total. The maximum Gasteiger partial charge on any atom is 0.272 e. The van der Waals surface area contributed by atoms with Crippen LogP contribution in [0.4, 0.5) is 5.82 Å². The lowest BCUT2D eigenvalue weighted by Crippen LogP contribution is -2.32. The molecule has 3 rings (SSSR count). The maximum atomic E-state index is 12.5. The fourth-order valence-electron chi connectivity index (χ4n) is 3.27. The summed E-state index contributed by atoms with van der Waals surface area (Å²) in [6, 6.07) is 2.31. The number of rotatable bonds is 3. The van der Waals surface area contributed by atoms with Gasteiger partial charge in [-0.15, -0.1) is 0 Å². The summed E-state index contributed by atoms with van der Waals surface area (Å²) in [6.07, 6.45) is 11.1. The number of hydrogen-bond acceptors (Lipinski definition) is 4. The summed E-state index contributed by atoms with van der Waals surface area (Å²) in [6.45, 7) is 1.71. The van der Waals surface area contributed by atoms with Crippen molar-refractivity contribution in [2.75, 3.05) is 18.4 Å². The number of nitrogens with one attached hydrogen (secondary N) is 1. The van der Waals surface area contributed by atoms with Gasteiger partial charge in [-0.1, -0.05) is 25.7 Å². The summed E-state index contributed by atoms with van der Waals surface area (Å²) >= 11 is 0. The van der Waals surface area contributed by atoms with Crippen molar-refractivity contribution in [1.29, 1.82) is 0 Å². The summed E-state index contributed by atoms with van der Waals surface area (Å²) in [5.41, 5.74) is 0.521. The van der Waals surface area contributed by atoms with Crippen molar-refractivity contribution in [3.8, 4) is 0 Å². The van der Waals surface area contributed by atoms with Crippen LogP contribution >= 0.6 is 0 Å². The third-order valence-corrected chi connectivity index (χ3v) is 4.49. The zero-order chi connectivity index (χ0) is 14.5. The molecule has 0 bridgehead atoms. The average Bonchev–Trinajstić information content (AvgIpc) is 2.87. The molecule has 1 aliphatic carbocycles.